The summed E-state index contributed by atoms with van der Waals surface area (Å²) in [6.07, 6.45) is 3.30. The Bertz CT molecular complexity index is 948. The highest BCUT2D eigenvalue weighted by atomic mass is 35.5. The van der Waals surface area contributed by atoms with E-state index in [1.807, 2.05) is 37.3 Å². The maximum atomic E-state index is 12.1. The van der Waals surface area contributed by atoms with Crippen LogP contribution in [-0.2, 0) is 6.54 Å². The maximum absolute atomic E-state index is 12.1. The van der Waals surface area contributed by atoms with Gasteiger partial charge in [0.2, 0.25) is 0 Å². The van der Waals surface area contributed by atoms with Crippen molar-refractivity contribution in [2.24, 2.45) is 5.10 Å². The first kappa shape index (κ1) is 18.2. The quantitative estimate of drug-likeness (QED) is 0.524. The molecule has 26 heavy (non-hydrogen) atoms. The minimum atomic E-state index is -0.380. The summed E-state index contributed by atoms with van der Waals surface area (Å²) in [5, 5.41) is 9.33. The van der Waals surface area contributed by atoms with E-state index in [0.717, 1.165) is 16.7 Å². The van der Waals surface area contributed by atoms with Crippen LogP contribution in [0.4, 0.5) is 0 Å². The molecule has 0 unspecified atom stereocenters. The predicted octanol–water partition coefficient (Wildman–Crippen LogP) is 4.31. The highest BCUT2D eigenvalue weighted by Crippen LogP contribution is 2.21. The van der Waals surface area contributed by atoms with Crippen LogP contribution < -0.4 is 5.43 Å². The lowest BCUT2D eigenvalue weighted by atomic mass is 10.2. The number of hydrazone groups is 1. The molecule has 0 saturated carbocycles. The lowest BCUT2D eigenvalue weighted by molar-refractivity contribution is 0.0949. The molecule has 1 N–H and O–H groups in total. The molecule has 1 heterocycles. The van der Waals surface area contributed by atoms with E-state index in [4.69, 9.17) is 23.2 Å². The summed E-state index contributed by atoms with van der Waals surface area (Å²) in [6.45, 7) is 2.45. The SMILES string of the molecule is Cc1ccc(/C=N/NC(=O)c2ccn(Cc3ccc(Cl)cc3Cl)n2)cc1. The van der Waals surface area contributed by atoms with Gasteiger partial charge in [-0.3, -0.25) is 9.48 Å². The molecule has 7 heteroatoms. The van der Waals surface area contributed by atoms with Crippen molar-refractivity contribution in [2.75, 3.05) is 0 Å². The van der Waals surface area contributed by atoms with Gasteiger partial charge >= 0.3 is 0 Å². The van der Waals surface area contributed by atoms with Crippen LogP contribution in [0.3, 0.4) is 0 Å². The summed E-state index contributed by atoms with van der Waals surface area (Å²) >= 11 is 12.1. The van der Waals surface area contributed by atoms with Crippen LogP contribution >= 0.6 is 23.2 Å². The number of hydrogen-bond donors (Lipinski definition) is 1. The van der Waals surface area contributed by atoms with E-state index < -0.39 is 0 Å². The van der Waals surface area contributed by atoms with E-state index in [-0.39, 0.29) is 11.6 Å². The first-order chi connectivity index (χ1) is 12.5. The zero-order valence-electron chi connectivity index (χ0n) is 14.0. The van der Waals surface area contributed by atoms with Crippen molar-refractivity contribution in [2.45, 2.75) is 13.5 Å². The topological polar surface area (TPSA) is 59.3 Å². The third kappa shape index (κ3) is 4.71. The smallest absolute Gasteiger partial charge is 0.267 e. The van der Waals surface area contributed by atoms with Gasteiger partial charge in [-0.1, -0.05) is 59.1 Å². The minimum Gasteiger partial charge on any atom is -0.267 e. The van der Waals surface area contributed by atoms with Gasteiger partial charge in [-0.2, -0.15) is 10.2 Å². The molecule has 0 aliphatic rings. The van der Waals surface area contributed by atoms with E-state index in [0.29, 0.717) is 16.6 Å². The second kappa shape index (κ2) is 8.17. The highest BCUT2D eigenvalue weighted by molar-refractivity contribution is 6.35. The highest BCUT2D eigenvalue weighted by Gasteiger charge is 2.10. The van der Waals surface area contributed by atoms with E-state index in [1.165, 1.54) is 0 Å². The van der Waals surface area contributed by atoms with Crippen LogP contribution in [0.25, 0.3) is 0 Å². The number of rotatable bonds is 5. The first-order valence-corrected chi connectivity index (χ1v) is 8.64. The van der Waals surface area contributed by atoms with Gasteiger partial charge in [-0.15, -0.1) is 0 Å². The molecule has 2 aromatic carbocycles. The predicted molar refractivity (Wildman–Crippen MR) is 104 cm³/mol. The Morgan fingerprint density at radius 3 is 2.69 bits per heavy atom. The fourth-order valence-electron chi connectivity index (χ4n) is 2.27. The number of benzene rings is 2. The number of nitrogens with one attached hydrogen (secondary N) is 1. The Morgan fingerprint density at radius 2 is 1.96 bits per heavy atom. The normalized spacial score (nSPS) is 11.0. The molecular weight excluding hydrogens is 371 g/mol. The summed E-state index contributed by atoms with van der Waals surface area (Å²) in [6, 6.07) is 14.7. The number of hydrogen-bond acceptors (Lipinski definition) is 3. The molecule has 0 aliphatic carbocycles. The minimum absolute atomic E-state index is 0.274. The van der Waals surface area contributed by atoms with Crippen LogP contribution in [0, 0.1) is 6.92 Å². The summed E-state index contributed by atoms with van der Waals surface area (Å²) in [4.78, 5) is 12.1. The van der Waals surface area contributed by atoms with Gasteiger partial charge in [0.25, 0.3) is 5.91 Å². The number of aryl methyl sites for hydroxylation is 1. The molecule has 3 aromatic rings. The number of carbonyl (C=O) groups excluding carboxylic acids is 1. The number of halogens is 2. The standard InChI is InChI=1S/C19H16Cl2N4O/c1-13-2-4-14(5-3-13)11-22-23-19(26)18-8-9-25(24-18)12-15-6-7-16(20)10-17(15)21/h2-11H,12H2,1H3,(H,23,26)/b22-11+. The van der Waals surface area contributed by atoms with Gasteiger partial charge in [0.15, 0.2) is 5.69 Å². The Kier molecular flexibility index (Phi) is 5.71. The van der Waals surface area contributed by atoms with Crippen molar-refractivity contribution in [3.8, 4) is 0 Å². The van der Waals surface area contributed by atoms with Crippen LogP contribution in [-0.4, -0.2) is 21.9 Å². The second-order valence-electron chi connectivity index (χ2n) is 5.74. The number of aromatic nitrogens is 2. The van der Waals surface area contributed by atoms with Crippen molar-refractivity contribution < 1.29 is 4.79 Å². The maximum Gasteiger partial charge on any atom is 0.291 e. The fourth-order valence-corrected chi connectivity index (χ4v) is 2.74. The molecule has 1 amide bonds. The summed E-state index contributed by atoms with van der Waals surface area (Å²) in [5.74, 6) is -0.380. The zero-order valence-corrected chi connectivity index (χ0v) is 15.5. The number of nitrogens with zero attached hydrogens (tertiary/aromatic N) is 3. The van der Waals surface area contributed by atoms with Crippen molar-refractivity contribution in [1.29, 1.82) is 0 Å². The van der Waals surface area contributed by atoms with Gasteiger partial charge in [0, 0.05) is 16.2 Å². The molecule has 5 nitrogen and oxygen atoms in total. The second-order valence-corrected chi connectivity index (χ2v) is 6.59. The Labute approximate surface area is 161 Å². The van der Waals surface area contributed by atoms with E-state index in [9.17, 15) is 4.79 Å². The number of carbonyl (C=O) groups is 1. The molecule has 0 bridgehead atoms. The average Bonchev–Trinajstić information content (AvgIpc) is 3.08. The molecule has 0 saturated heterocycles. The fraction of sp³-hybridized carbons (Fsp3) is 0.105. The molecule has 0 fully saturated rings. The van der Waals surface area contributed by atoms with Gasteiger partial charge in [-0.25, -0.2) is 5.43 Å². The van der Waals surface area contributed by atoms with Crippen LogP contribution in [0.5, 0.6) is 0 Å². The lowest BCUT2D eigenvalue weighted by Crippen LogP contribution is -2.18. The Balaban J connectivity index is 1.61. The lowest BCUT2D eigenvalue weighted by Gasteiger charge is -2.05. The number of amides is 1. The monoisotopic (exact) mass is 386 g/mol. The van der Waals surface area contributed by atoms with E-state index in [2.05, 4.69) is 15.6 Å². The van der Waals surface area contributed by atoms with Crippen molar-refractivity contribution in [3.63, 3.8) is 0 Å². The summed E-state index contributed by atoms with van der Waals surface area (Å²) in [5.41, 5.74) is 5.67. The van der Waals surface area contributed by atoms with E-state index in [1.54, 1.807) is 35.3 Å². The molecule has 1 aromatic heterocycles. The molecule has 3 rings (SSSR count). The Hall–Kier alpha value is -2.63. The third-order valence-electron chi connectivity index (χ3n) is 3.68. The van der Waals surface area contributed by atoms with Gasteiger partial charge in [0.1, 0.15) is 0 Å². The van der Waals surface area contributed by atoms with Gasteiger partial charge < -0.3 is 0 Å². The van der Waals surface area contributed by atoms with Crippen LogP contribution in [0.2, 0.25) is 10.0 Å². The molecule has 0 radical (unpaired) electrons. The molecule has 0 spiro atoms. The van der Waals surface area contributed by atoms with Crippen LogP contribution in [0.15, 0.2) is 59.8 Å². The first-order valence-electron chi connectivity index (χ1n) is 7.89. The molecular formula is C19H16Cl2N4O. The van der Waals surface area contributed by atoms with Crippen molar-refractivity contribution in [1.82, 2.24) is 15.2 Å². The Morgan fingerprint density at radius 1 is 1.19 bits per heavy atom. The van der Waals surface area contributed by atoms with Crippen LogP contribution in [0.1, 0.15) is 27.2 Å². The summed E-state index contributed by atoms with van der Waals surface area (Å²) in [7, 11) is 0. The van der Waals surface area contributed by atoms with Gasteiger partial charge in [-0.05, 0) is 36.2 Å². The van der Waals surface area contributed by atoms with Crippen molar-refractivity contribution >= 4 is 35.3 Å². The average molecular weight is 387 g/mol. The van der Waals surface area contributed by atoms with Crippen molar-refractivity contribution in [3.05, 3.63) is 87.2 Å². The third-order valence-corrected chi connectivity index (χ3v) is 4.26. The molecule has 132 valence electrons. The van der Waals surface area contributed by atoms with Gasteiger partial charge in [0.05, 0.1) is 12.8 Å². The summed E-state index contributed by atoms with van der Waals surface area (Å²) < 4.78 is 1.63. The zero-order chi connectivity index (χ0) is 18.5. The van der Waals surface area contributed by atoms with E-state index >= 15 is 0 Å². The molecule has 0 aliphatic heterocycles. The largest absolute Gasteiger partial charge is 0.291 e. The molecule has 0 atom stereocenters.